The van der Waals surface area contributed by atoms with Crippen LogP contribution in [0.25, 0.3) is 10.6 Å². The van der Waals surface area contributed by atoms with Crippen LogP contribution in [-0.4, -0.2) is 24.5 Å². The summed E-state index contributed by atoms with van der Waals surface area (Å²) in [6.45, 7) is 1.37. The first-order chi connectivity index (χ1) is 12.3. The number of anilines is 2. The Morgan fingerprint density at radius 1 is 1.04 bits per heavy atom. The van der Waals surface area contributed by atoms with Crippen molar-refractivity contribution in [3.63, 3.8) is 0 Å². The van der Waals surface area contributed by atoms with Gasteiger partial charge in [0.25, 0.3) is 10.0 Å². The summed E-state index contributed by atoms with van der Waals surface area (Å²) in [4.78, 5) is 11.1. The Balaban J connectivity index is 1.77. The van der Waals surface area contributed by atoms with E-state index in [1.807, 2.05) is 0 Å². The highest BCUT2D eigenvalue weighted by Gasteiger charge is 2.17. The van der Waals surface area contributed by atoms with Gasteiger partial charge >= 0.3 is 0 Å². The molecule has 10 heteroatoms. The number of halogens is 1. The van der Waals surface area contributed by atoms with Crippen molar-refractivity contribution < 1.29 is 13.2 Å². The Morgan fingerprint density at radius 3 is 2.31 bits per heavy atom. The molecule has 3 rings (SSSR count). The standard InChI is InChI=1S/C16H13ClN4O3S2/c1-10(22)18-13-6-8-14(9-7-13)26(23,24)21-16-20-19-15(25-16)11-2-4-12(17)5-3-11/h2-9H,1H3,(H,18,22)(H,20,21). The lowest BCUT2D eigenvalue weighted by molar-refractivity contribution is -0.114. The van der Waals surface area contributed by atoms with Crippen molar-refractivity contribution in [1.29, 1.82) is 0 Å². The number of rotatable bonds is 5. The summed E-state index contributed by atoms with van der Waals surface area (Å²) < 4.78 is 27.3. The third-order valence-corrected chi connectivity index (χ3v) is 5.85. The lowest BCUT2D eigenvalue weighted by atomic mass is 10.2. The van der Waals surface area contributed by atoms with Crippen molar-refractivity contribution in [1.82, 2.24) is 10.2 Å². The van der Waals surface area contributed by atoms with E-state index in [0.29, 0.717) is 15.7 Å². The van der Waals surface area contributed by atoms with Crippen molar-refractivity contribution in [3.05, 3.63) is 53.6 Å². The highest BCUT2D eigenvalue weighted by molar-refractivity contribution is 7.93. The SMILES string of the molecule is CC(=O)Nc1ccc(S(=O)(=O)Nc2nnc(-c3ccc(Cl)cc3)s2)cc1. The maximum absolute atomic E-state index is 12.4. The number of hydrogen-bond donors (Lipinski definition) is 2. The Kier molecular flexibility index (Phi) is 5.21. The molecule has 0 atom stereocenters. The monoisotopic (exact) mass is 408 g/mol. The van der Waals surface area contributed by atoms with Crippen LogP contribution in [0, 0.1) is 0 Å². The summed E-state index contributed by atoms with van der Waals surface area (Å²) in [5, 5.41) is 11.8. The zero-order valence-corrected chi connectivity index (χ0v) is 15.8. The largest absolute Gasteiger partial charge is 0.326 e. The van der Waals surface area contributed by atoms with E-state index in [1.54, 1.807) is 24.3 Å². The van der Waals surface area contributed by atoms with Crippen molar-refractivity contribution in [3.8, 4) is 10.6 Å². The molecule has 0 aliphatic heterocycles. The summed E-state index contributed by atoms with van der Waals surface area (Å²) in [7, 11) is -3.81. The number of benzene rings is 2. The zero-order valence-electron chi connectivity index (χ0n) is 13.4. The van der Waals surface area contributed by atoms with Crippen LogP contribution in [0.5, 0.6) is 0 Å². The molecule has 7 nitrogen and oxygen atoms in total. The molecular formula is C16H13ClN4O3S2. The molecule has 134 valence electrons. The fourth-order valence-corrected chi connectivity index (χ4v) is 4.17. The highest BCUT2D eigenvalue weighted by atomic mass is 35.5. The second-order valence-electron chi connectivity index (χ2n) is 5.23. The van der Waals surface area contributed by atoms with Gasteiger partial charge in [-0.3, -0.25) is 9.52 Å². The van der Waals surface area contributed by atoms with Crippen LogP contribution in [0.2, 0.25) is 5.02 Å². The van der Waals surface area contributed by atoms with Gasteiger partial charge in [0.05, 0.1) is 4.90 Å². The minimum Gasteiger partial charge on any atom is -0.326 e. The van der Waals surface area contributed by atoms with Crippen LogP contribution in [0.15, 0.2) is 53.4 Å². The van der Waals surface area contributed by atoms with Crippen LogP contribution in [-0.2, 0) is 14.8 Å². The molecule has 1 heterocycles. The van der Waals surface area contributed by atoms with E-state index < -0.39 is 10.0 Å². The minimum atomic E-state index is -3.81. The van der Waals surface area contributed by atoms with E-state index >= 15 is 0 Å². The molecule has 26 heavy (non-hydrogen) atoms. The van der Waals surface area contributed by atoms with Gasteiger partial charge < -0.3 is 5.32 Å². The van der Waals surface area contributed by atoms with E-state index in [2.05, 4.69) is 20.2 Å². The average Bonchev–Trinajstić information content (AvgIpc) is 3.03. The summed E-state index contributed by atoms with van der Waals surface area (Å²) in [5.41, 5.74) is 1.30. The lowest BCUT2D eigenvalue weighted by Gasteiger charge is -2.06. The Bertz CT molecular complexity index is 1030. The van der Waals surface area contributed by atoms with Crippen LogP contribution in [0.4, 0.5) is 10.8 Å². The van der Waals surface area contributed by atoms with E-state index in [9.17, 15) is 13.2 Å². The van der Waals surface area contributed by atoms with Crippen LogP contribution in [0.3, 0.4) is 0 Å². The van der Waals surface area contributed by atoms with Gasteiger partial charge in [-0.1, -0.05) is 35.1 Å². The average molecular weight is 409 g/mol. The molecule has 0 aliphatic rings. The maximum Gasteiger partial charge on any atom is 0.263 e. The predicted octanol–water partition coefficient (Wildman–Crippen LogP) is 3.62. The fraction of sp³-hybridized carbons (Fsp3) is 0.0625. The third kappa shape index (κ3) is 4.37. The Labute approximate surface area is 159 Å². The van der Waals surface area contributed by atoms with Gasteiger partial charge in [0.1, 0.15) is 5.01 Å². The van der Waals surface area contributed by atoms with Gasteiger partial charge in [-0.2, -0.15) is 0 Å². The second-order valence-corrected chi connectivity index (χ2v) is 8.33. The summed E-state index contributed by atoms with van der Waals surface area (Å²) in [5.74, 6) is -0.234. The van der Waals surface area contributed by atoms with Crippen LogP contribution < -0.4 is 10.0 Å². The molecule has 0 saturated heterocycles. The zero-order chi connectivity index (χ0) is 18.7. The minimum absolute atomic E-state index is 0.0508. The van der Waals surface area contributed by atoms with Gasteiger partial charge in [0.15, 0.2) is 0 Å². The molecule has 0 saturated carbocycles. The van der Waals surface area contributed by atoms with Gasteiger partial charge in [-0.05, 0) is 36.4 Å². The topological polar surface area (TPSA) is 101 Å². The van der Waals surface area contributed by atoms with Gasteiger partial charge in [-0.25, -0.2) is 8.42 Å². The van der Waals surface area contributed by atoms with Crippen molar-refractivity contribution >= 4 is 49.7 Å². The molecule has 0 fully saturated rings. The number of carbonyl (C=O) groups is 1. The van der Waals surface area contributed by atoms with E-state index in [4.69, 9.17) is 11.6 Å². The molecule has 2 N–H and O–H groups in total. The molecule has 0 spiro atoms. The lowest BCUT2D eigenvalue weighted by Crippen LogP contribution is -2.13. The number of hydrogen-bond acceptors (Lipinski definition) is 6. The predicted molar refractivity (Wildman–Crippen MR) is 102 cm³/mol. The smallest absolute Gasteiger partial charge is 0.263 e. The fourth-order valence-electron chi connectivity index (χ4n) is 2.07. The Morgan fingerprint density at radius 2 is 1.69 bits per heavy atom. The first-order valence-electron chi connectivity index (χ1n) is 7.33. The number of sulfonamides is 1. The molecular weight excluding hydrogens is 396 g/mol. The van der Waals surface area contributed by atoms with Gasteiger partial charge in [-0.15, -0.1) is 10.2 Å². The number of amides is 1. The second kappa shape index (κ2) is 7.40. The number of carbonyl (C=O) groups excluding carboxylic acids is 1. The number of nitrogens with one attached hydrogen (secondary N) is 2. The van der Waals surface area contributed by atoms with Crippen molar-refractivity contribution in [2.24, 2.45) is 0 Å². The Hall–Kier alpha value is -2.49. The summed E-state index contributed by atoms with van der Waals surface area (Å²) >= 11 is 6.96. The molecule has 0 unspecified atom stereocenters. The van der Waals surface area contributed by atoms with E-state index in [0.717, 1.165) is 16.9 Å². The van der Waals surface area contributed by atoms with Crippen LogP contribution in [0.1, 0.15) is 6.92 Å². The number of aromatic nitrogens is 2. The summed E-state index contributed by atoms with van der Waals surface area (Å²) in [6.07, 6.45) is 0. The normalized spacial score (nSPS) is 11.2. The van der Waals surface area contributed by atoms with E-state index in [-0.39, 0.29) is 15.9 Å². The third-order valence-electron chi connectivity index (χ3n) is 3.22. The van der Waals surface area contributed by atoms with Crippen molar-refractivity contribution in [2.75, 3.05) is 10.0 Å². The molecule has 1 aromatic heterocycles. The van der Waals surface area contributed by atoms with Crippen LogP contribution >= 0.6 is 22.9 Å². The first-order valence-corrected chi connectivity index (χ1v) is 10.0. The molecule has 0 radical (unpaired) electrons. The highest BCUT2D eigenvalue weighted by Crippen LogP contribution is 2.28. The molecule has 3 aromatic rings. The molecule has 2 aromatic carbocycles. The molecule has 0 aliphatic carbocycles. The maximum atomic E-state index is 12.4. The summed E-state index contributed by atoms with van der Waals surface area (Å²) in [6, 6.07) is 12.8. The first kappa shape index (κ1) is 18.3. The van der Waals surface area contributed by atoms with Gasteiger partial charge in [0, 0.05) is 23.2 Å². The van der Waals surface area contributed by atoms with Gasteiger partial charge in [0.2, 0.25) is 11.0 Å². The molecule has 0 bridgehead atoms. The van der Waals surface area contributed by atoms with Crippen molar-refractivity contribution in [2.45, 2.75) is 11.8 Å². The van der Waals surface area contributed by atoms with E-state index in [1.165, 1.54) is 31.2 Å². The molecule has 1 amide bonds. The number of nitrogens with zero attached hydrogens (tertiary/aromatic N) is 2. The quantitative estimate of drug-likeness (QED) is 0.671.